The number of nitro groups is 1. The summed E-state index contributed by atoms with van der Waals surface area (Å²) in [6.45, 7) is 1.74. The normalized spacial score (nSPS) is 13.3. The summed E-state index contributed by atoms with van der Waals surface area (Å²) >= 11 is 0. The second kappa shape index (κ2) is 10.5. The average molecular weight is 461 g/mol. The number of carbonyl (C=O) groups is 2. The molecule has 0 atom stereocenters. The summed E-state index contributed by atoms with van der Waals surface area (Å²) in [5, 5.41) is 10.8. The van der Waals surface area contributed by atoms with Crippen LogP contribution in [-0.4, -0.2) is 54.5 Å². The van der Waals surface area contributed by atoms with Crippen molar-refractivity contribution in [3.05, 3.63) is 94.5 Å². The molecule has 1 saturated heterocycles. The van der Waals surface area contributed by atoms with Crippen molar-refractivity contribution >= 4 is 23.3 Å². The molecule has 1 heterocycles. The molecule has 9 nitrogen and oxygen atoms in total. The van der Waals surface area contributed by atoms with Crippen molar-refractivity contribution in [1.29, 1.82) is 0 Å². The number of hydrogen-bond donors (Lipinski definition) is 0. The molecule has 0 saturated carbocycles. The quantitative estimate of drug-likeness (QED) is 0.299. The minimum absolute atomic E-state index is 0.0385. The van der Waals surface area contributed by atoms with E-state index in [1.165, 1.54) is 12.1 Å². The highest BCUT2D eigenvalue weighted by Gasteiger charge is 2.23. The molecule has 4 rings (SSSR count). The van der Waals surface area contributed by atoms with Gasteiger partial charge in [-0.2, -0.15) is 0 Å². The van der Waals surface area contributed by atoms with Crippen molar-refractivity contribution in [3.8, 4) is 11.5 Å². The van der Waals surface area contributed by atoms with E-state index in [1.807, 2.05) is 30.3 Å². The Hall–Kier alpha value is -4.40. The number of carbonyl (C=O) groups excluding carboxylic acids is 2. The fourth-order valence-electron chi connectivity index (χ4n) is 3.61. The van der Waals surface area contributed by atoms with Crippen molar-refractivity contribution in [2.45, 2.75) is 0 Å². The Kier molecular flexibility index (Phi) is 7.02. The third-order valence-electron chi connectivity index (χ3n) is 5.43. The standard InChI is InChI=1S/C25H23N3O6/c29-24(27-15-13-26(14-16-27)20-9-11-21(12-10-20)28(31)32)18-33-25(30)19-5-4-8-23(17-19)34-22-6-2-1-3-7-22/h1-12,17H,13-16,18H2. The predicted octanol–water partition coefficient (Wildman–Crippen LogP) is 3.89. The third kappa shape index (κ3) is 5.69. The van der Waals surface area contributed by atoms with Crippen LogP contribution in [0.5, 0.6) is 11.5 Å². The first-order chi connectivity index (χ1) is 16.5. The van der Waals surface area contributed by atoms with Crippen LogP contribution >= 0.6 is 0 Å². The van der Waals surface area contributed by atoms with Crippen LogP contribution in [0.1, 0.15) is 10.4 Å². The Labute approximate surface area is 196 Å². The second-order valence-electron chi connectivity index (χ2n) is 7.66. The van der Waals surface area contributed by atoms with Crippen molar-refractivity contribution in [2.24, 2.45) is 0 Å². The lowest BCUT2D eigenvalue weighted by atomic mass is 10.2. The lowest BCUT2D eigenvalue weighted by Crippen LogP contribution is -2.49. The van der Waals surface area contributed by atoms with Gasteiger partial charge in [-0.25, -0.2) is 4.79 Å². The van der Waals surface area contributed by atoms with Gasteiger partial charge < -0.3 is 19.3 Å². The molecule has 3 aromatic rings. The fraction of sp³-hybridized carbons (Fsp3) is 0.200. The molecule has 1 amide bonds. The molecule has 1 fully saturated rings. The third-order valence-corrected chi connectivity index (χ3v) is 5.43. The second-order valence-corrected chi connectivity index (χ2v) is 7.66. The Morgan fingerprint density at radius 1 is 0.853 bits per heavy atom. The molecule has 0 radical (unpaired) electrons. The smallest absolute Gasteiger partial charge is 0.338 e. The molecule has 0 N–H and O–H groups in total. The van der Waals surface area contributed by atoms with Gasteiger partial charge in [-0.3, -0.25) is 14.9 Å². The summed E-state index contributed by atoms with van der Waals surface area (Å²) < 4.78 is 11.0. The lowest BCUT2D eigenvalue weighted by Gasteiger charge is -2.36. The van der Waals surface area contributed by atoms with E-state index in [-0.39, 0.29) is 18.2 Å². The maximum Gasteiger partial charge on any atom is 0.338 e. The number of esters is 1. The van der Waals surface area contributed by atoms with Gasteiger partial charge in [0, 0.05) is 44.0 Å². The molecule has 1 aliphatic rings. The first-order valence-electron chi connectivity index (χ1n) is 10.8. The monoisotopic (exact) mass is 461 g/mol. The molecular formula is C25H23N3O6. The molecule has 174 valence electrons. The number of anilines is 1. The van der Waals surface area contributed by atoms with Crippen LogP contribution in [0, 0.1) is 10.1 Å². The first-order valence-corrected chi connectivity index (χ1v) is 10.8. The Morgan fingerprint density at radius 3 is 2.21 bits per heavy atom. The fourth-order valence-corrected chi connectivity index (χ4v) is 3.61. The summed E-state index contributed by atoms with van der Waals surface area (Å²) in [5.74, 6) is 0.273. The number of non-ortho nitro benzene ring substituents is 1. The predicted molar refractivity (Wildman–Crippen MR) is 125 cm³/mol. The minimum Gasteiger partial charge on any atom is -0.457 e. The van der Waals surface area contributed by atoms with Gasteiger partial charge in [0.2, 0.25) is 0 Å². The zero-order chi connectivity index (χ0) is 23.9. The molecule has 34 heavy (non-hydrogen) atoms. The van der Waals surface area contributed by atoms with Gasteiger partial charge in [0.05, 0.1) is 10.5 Å². The van der Waals surface area contributed by atoms with E-state index >= 15 is 0 Å². The van der Waals surface area contributed by atoms with E-state index in [1.54, 1.807) is 41.3 Å². The number of para-hydroxylation sites is 1. The number of nitrogens with zero attached hydrogens (tertiary/aromatic N) is 3. The highest BCUT2D eigenvalue weighted by Crippen LogP contribution is 2.23. The van der Waals surface area contributed by atoms with E-state index in [2.05, 4.69) is 4.90 Å². The van der Waals surface area contributed by atoms with E-state index in [9.17, 15) is 19.7 Å². The molecule has 1 aliphatic heterocycles. The molecule has 9 heteroatoms. The molecule has 3 aromatic carbocycles. The number of nitro benzene ring substituents is 1. The van der Waals surface area contributed by atoms with Crippen molar-refractivity contribution in [1.82, 2.24) is 4.90 Å². The molecule has 0 aliphatic carbocycles. The maximum absolute atomic E-state index is 12.5. The molecule has 0 bridgehead atoms. The number of amides is 1. The summed E-state index contributed by atoms with van der Waals surface area (Å²) in [6.07, 6.45) is 0. The Balaban J connectivity index is 1.26. The van der Waals surface area contributed by atoms with Gasteiger partial charge in [-0.05, 0) is 42.5 Å². The molecular weight excluding hydrogens is 438 g/mol. The van der Waals surface area contributed by atoms with Gasteiger partial charge in [-0.1, -0.05) is 24.3 Å². The summed E-state index contributed by atoms with van der Waals surface area (Å²) in [6, 6.07) is 22.1. The minimum atomic E-state index is -0.601. The van der Waals surface area contributed by atoms with Crippen LogP contribution in [0.4, 0.5) is 11.4 Å². The van der Waals surface area contributed by atoms with Crippen molar-refractivity contribution in [2.75, 3.05) is 37.7 Å². The van der Waals surface area contributed by atoms with Crippen LogP contribution < -0.4 is 9.64 Å². The maximum atomic E-state index is 12.5. The molecule has 0 aromatic heterocycles. The number of piperazine rings is 1. The summed E-state index contributed by atoms with van der Waals surface area (Å²) in [5.41, 5.74) is 1.20. The van der Waals surface area contributed by atoms with Crippen LogP contribution in [0.15, 0.2) is 78.9 Å². The van der Waals surface area contributed by atoms with Crippen molar-refractivity contribution < 1.29 is 24.0 Å². The molecule has 0 spiro atoms. The largest absolute Gasteiger partial charge is 0.457 e. The van der Waals surface area contributed by atoms with E-state index in [4.69, 9.17) is 9.47 Å². The zero-order valence-electron chi connectivity index (χ0n) is 18.3. The average Bonchev–Trinajstić information content (AvgIpc) is 2.88. The van der Waals surface area contributed by atoms with E-state index in [0.29, 0.717) is 43.2 Å². The Bertz CT molecular complexity index is 1160. The van der Waals surface area contributed by atoms with Crippen LogP contribution in [0.2, 0.25) is 0 Å². The van der Waals surface area contributed by atoms with Crippen LogP contribution in [-0.2, 0) is 9.53 Å². The van der Waals surface area contributed by atoms with Gasteiger partial charge in [0.25, 0.3) is 11.6 Å². The molecule has 0 unspecified atom stereocenters. The zero-order valence-corrected chi connectivity index (χ0v) is 18.3. The highest BCUT2D eigenvalue weighted by atomic mass is 16.6. The van der Waals surface area contributed by atoms with Gasteiger partial charge in [0.1, 0.15) is 11.5 Å². The summed E-state index contributed by atoms with van der Waals surface area (Å²) in [4.78, 5) is 39.0. The van der Waals surface area contributed by atoms with Crippen LogP contribution in [0.3, 0.4) is 0 Å². The first kappa shape index (κ1) is 22.8. The van der Waals surface area contributed by atoms with Crippen LogP contribution in [0.25, 0.3) is 0 Å². The number of rotatable bonds is 7. The van der Waals surface area contributed by atoms with Crippen molar-refractivity contribution in [3.63, 3.8) is 0 Å². The number of benzene rings is 3. The number of hydrogen-bond acceptors (Lipinski definition) is 7. The Morgan fingerprint density at radius 2 is 1.53 bits per heavy atom. The highest BCUT2D eigenvalue weighted by molar-refractivity contribution is 5.91. The SMILES string of the molecule is O=C(OCC(=O)N1CCN(c2ccc([N+](=O)[O-])cc2)CC1)c1cccc(Oc2ccccc2)c1. The topological polar surface area (TPSA) is 102 Å². The van der Waals surface area contributed by atoms with E-state index < -0.39 is 10.9 Å². The number of ether oxygens (including phenoxy) is 2. The van der Waals surface area contributed by atoms with Gasteiger partial charge >= 0.3 is 5.97 Å². The van der Waals surface area contributed by atoms with Gasteiger partial charge in [-0.15, -0.1) is 0 Å². The van der Waals surface area contributed by atoms with Gasteiger partial charge in [0.15, 0.2) is 6.61 Å². The summed E-state index contributed by atoms with van der Waals surface area (Å²) in [7, 11) is 0. The lowest BCUT2D eigenvalue weighted by molar-refractivity contribution is -0.384. The van der Waals surface area contributed by atoms with E-state index in [0.717, 1.165) is 5.69 Å².